The Morgan fingerprint density at radius 3 is 2.63 bits per heavy atom. The fourth-order valence-electron chi connectivity index (χ4n) is 1.37. The predicted octanol–water partition coefficient (Wildman–Crippen LogP) is 1.74. The molecule has 0 saturated heterocycles. The smallest absolute Gasteiger partial charge is 0.318 e. The van der Waals surface area contributed by atoms with Crippen LogP contribution in [0.1, 0.15) is 0 Å². The number of hydrogen-bond acceptors (Lipinski definition) is 3. The highest BCUT2D eigenvalue weighted by molar-refractivity contribution is 7.89. The van der Waals surface area contributed by atoms with Gasteiger partial charge in [0.15, 0.2) is 0 Å². The molecule has 0 aromatic heterocycles. The van der Waals surface area contributed by atoms with Gasteiger partial charge in [0.1, 0.15) is 17.3 Å². The lowest BCUT2D eigenvalue weighted by molar-refractivity contribution is -0.137. The van der Waals surface area contributed by atoms with Crippen molar-refractivity contribution in [1.29, 1.82) is 0 Å². The lowest BCUT2D eigenvalue weighted by atomic mass is 10.3. The van der Waals surface area contributed by atoms with Gasteiger partial charge in [-0.25, -0.2) is 12.8 Å². The lowest BCUT2D eigenvalue weighted by Gasteiger charge is -2.19. The first-order valence-corrected chi connectivity index (χ1v) is 6.88. The fourth-order valence-corrected chi connectivity index (χ4v) is 3.23. The predicted molar refractivity (Wildman–Crippen MR) is 68.0 cm³/mol. The third-order valence-electron chi connectivity index (χ3n) is 2.16. The quantitative estimate of drug-likeness (QED) is 0.812. The molecule has 0 fully saturated rings. The van der Waals surface area contributed by atoms with E-state index in [1.165, 1.54) is 6.08 Å². The summed E-state index contributed by atoms with van der Waals surface area (Å²) < 4.78 is 38.0. The number of sulfonamides is 1. The molecule has 0 saturated carbocycles. The van der Waals surface area contributed by atoms with Gasteiger partial charge in [-0.2, -0.15) is 4.31 Å². The SMILES string of the molecule is C=CCN(CC(=O)O)S(=O)(=O)c1ccc(F)cc1Cl. The number of carboxylic acid groups (broad SMARTS) is 1. The number of hydrogen-bond donors (Lipinski definition) is 1. The Hall–Kier alpha value is -1.44. The Kier molecular flexibility index (Phi) is 5.04. The first-order valence-electron chi connectivity index (χ1n) is 5.07. The molecule has 0 aliphatic heterocycles. The molecule has 0 atom stereocenters. The molecular weight excluding hydrogens is 297 g/mol. The van der Waals surface area contributed by atoms with E-state index in [0.29, 0.717) is 4.31 Å². The maximum Gasteiger partial charge on any atom is 0.318 e. The van der Waals surface area contributed by atoms with Gasteiger partial charge in [0.05, 0.1) is 5.02 Å². The zero-order valence-corrected chi connectivity index (χ0v) is 11.3. The fraction of sp³-hybridized carbons (Fsp3) is 0.182. The molecule has 0 aliphatic carbocycles. The number of nitrogens with zero attached hydrogens (tertiary/aromatic N) is 1. The largest absolute Gasteiger partial charge is 0.480 e. The molecule has 19 heavy (non-hydrogen) atoms. The highest BCUT2D eigenvalue weighted by Crippen LogP contribution is 2.25. The normalized spacial score (nSPS) is 11.5. The minimum atomic E-state index is -4.12. The van der Waals surface area contributed by atoms with Crippen molar-refractivity contribution in [2.75, 3.05) is 13.1 Å². The number of rotatable bonds is 6. The van der Waals surface area contributed by atoms with E-state index in [9.17, 15) is 17.6 Å². The summed E-state index contributed by atoms with van der Waals surface area (Å²) >= 11 is 5.68. The Labute approximate surface area is 115 Å². The average Bonchev–Trinajstić information content (AvgIpc) is 2.27. The molecule has 0 bridgehead atoms. The molecule has 0 radical (unpaired) electrons. The van der Waals surface area contributed by atoms with Crippen molar-refractivity contribution >= 4 is 27.6 Å². The van der Waals surface area contributed by atoms with Crippen LogP contribution in [0.15, 0.2) is 35.7 Å². The van der Waals surface area contributed by atoms with E-state index in [-0.39, 0.29) is 16.5 Å². The first-order chi connectivity index (χ1) is 8.78. The molecule has 5 nitrogen and oxygen atoms in total. The zero-order valence-electron chi connectivity index (χ0n) is 9.71. The van der Waals surface area contributed by atoms with Gasteiger partial charge in [0, 0.05) is 6.54 Å². The van der Waals surface area contributed by atoms with Crippen LogP contribution in [0.3, 0.4) is 0 Å². The number of aliphatic carboxylic acids is 1. The zero-order chi connectivity index (χ0) is 14.6. The van der Waals surface area contributed by atoms with E-state index in [2.05, 4.69) is 6.58 Å². The first kappa shape index (κ1) is 15.6. The summed E-state index contributed by atoms with van der Waals surface area (Å²) in [6, 6.07) is 2.78. The molecular formula is C11H11ClFNO4S. The summed E-state index contributed by atoms with van der Waals surface area (Å²) in [6.45, 7) is 2.43. The van der Waals surface area contributed by atoms with Crippen LogP contribution < -0.4 is 0 Å². The van der Waals surface area contributed by atoms with Gasteiger partial charge in [0.2, 0.25) is 10.0 Å². The van der Waals surface area contributed by atoms with E-state index >= 15 is 0 Å². The minimum absolute atomic E-state index is 0.192. The standard InChI is InChI=1S/C11H11ClFNO4S/c1-2-5-14(7-11(15)16)19(17,18)10-4-3-8(13)6-9(10)12/h2-4,6H,1,5,7H2,(H,15,16). The van der Waals surface area contributed by atoms with Crippen molar-refractivity contribution in [3.8, 4) is 0 Å². The van der Waals surface area contributed by atoms with Crippen LogP contribution >= 0.6 is 11.6 Å². The number of halogens is 2. The Morgan fingerprint density at radius 2 is 2.16 bits per heavy atom. The third-order valence-corrected chi connectivity index (χ3v) is 4.45. The molecule has 1 rings (SSSR count). The van der Waals surface area contributed by atoms with Crippen molar-refractivity contribution in [3.63, 3.8) is 0 Å². The van der Waals surface area contributed by atoms with Crippen LogP contribution in [-0.2, 0) is 14.8 Å². The number of benzene rings is 1. The summed E-state index contributed by atoms with van der Waals surface area (Å²) in [5.74, 6) is -2.00. The van der Waals surface area contributed by atoms with Gasteiger partial charge < -0.3 is 5.11 Å². The van der Waals surface area contributed by atoms with Crippen LogP contribution in [0.4, 0.5) is 4.39 Å². The number of carboxylic acids is 1. The van der Waals surface area contributed by atoms with Gasteiger partial charge in [-0.1, -0.05) is 17.7 Å². The van der Waals surface area contributed by atoms with Crippen molar-refractivity contribution < 1.29 is 22.7 Å². The van der Waals surface area contributed by atoms with Crippen LogP contribution in [-0.4, -0.2) is 36.9 Å². The van der Waals surface area contributed by atoms with E-state index in [1.807, 2.05) is 0 Å². The average molecular weight is 308 g/mol. The second-order valence-electron chi connectivity index (χ2n) is 3.55. The third kappa shape index (κ3) is 3.76. The monoisotopic (exact) mass is 307 g/mol. The van der Waals surface area contributed by atoms with E-state index < -0.39 is 28.4 Å². The molecule has 104 valence electrons. The Morgan fingerprint density at radius 1 is 1.53 bits per heavy atom. The summed E-state index contributed by atoms with van der Waals surface area (Å²) in [5, 5.41) is 8.39. The second-order valence-corrected chi connectivity index (χ2v) is 5.87. The molecule has 8 heteroatoms. The van der Waals surface area contributed by atoms with Crippen LogP contribution in [0.5, 0.6) is 0 Å². The highest BCUT2D eigenvalue weighted by atomic mass is 35.5. The second kappa shape index (κ2) is 6.14. The van der Waals surface area contributed by atoms with Crippen LogP contribution in [0, 0.1) is 5.82 Å². The maximum absolute atomic E-state index is 12.9. The molecule has 0 aliphatic rings. The molecule has 1 aromatic rings. The molecule has 0 amide bonds. The van der Waals surface area contributed by atoms with Crippen molar-refractivity contribution in [2.24, 2.45) is 0 Å². The summed E-state index contributed by atoms with van der Waals surface area (Å²) in [4.78, 5) is 10.3. The minimum Gasteiger partial charge on any atom is -0.480 e. The van der Waals surface area contributed by atoms with Gasteiger partial charge in [-0.05, 0) is 18.2 Å². The van der Waals surface area contributed by atoms with Crippen molar-refractivity contribution in [2.45, 2.75) is 4.90 Å². The molecule has 0 spiro atoms. The summed E-state index contributed by atoms with van der Waals surface area (Å²) in [7, 11) is -4.12. The topological polar surface area (TPSA) is 74.7 Å². The molecule has 0 heterocycles. The number of carbonyl (C=O) groups is 1. The van der Waals surface area contributed by atoms with Crippen molar-refractivity contribution in [3.05, 3.63) is 41.7 Å². The van der Waals surface area contributed by atoms with E-state index in [1.54, 1.807) is 0 Å². The van der Waals surface area contributed by atoms with Crippen molar-refractivity contribution in [1.82, 2.24) is 4.31 Å². The maximum atomic E-state index is 12.9. The Balaban J connectivity index is 3.25. The Bertz CT molecular complexity index is 603. The van der Waals surface area contributed by atoms with E-state index in [0.717, 1.165) is 18.2 Å². The van der Waals surface area contributed by atoms with E-state index in [4.69, 9.17) is 16.7 Å². The van der Waals surface area contributed by atoms with Gasteiger partial charge in [0.25, 0.3) is 0 Å². The molecule has 1 aromatic carbocycles. The summed E-state index contributed by atoms with van der Waals surface area (Å²) in [5.41, 5.74) is 0. The highest BCUT2D eigenvalue weighted by Gasteiger charge is 2.27. The van der Waals surface area contributed by atoms with Crippen LogP contribution in [0.2, 0.25) is 5.02 Å². The summed E-state index contributed by atoms with van der Waals surface area (Å²) in [6.07, 6.45) is 1.25. The molecule has 1 N–H and O–H groups in total. The van der Waals surface area contributed by atoms with Gasteiger partial charge in [-0.15, -0.1) is 6.58 Å². The lowest BCUT2D eigenvalue weighted by Crippen LogP contribution is -2.35. The molecule has 0 unspecified atom stereocenters. The van der Waals surface area contributed by atoms with Gasteiger partial charge in [-0.3, -0.25) is 4.79 Å². The van der Waals surface area contributed by atoms with Gasteiger partial charge >= 0.3 is 5.97 Å². The van der Waals surface area contributed by atoms with Crippen LogP contribution in [0.25, 0.3) is 0 Å².